The number of anilines is 1. The van der Waals surface area contributed by atoms with Crippen molar-refractivity contribution in [2.45, 2.75) is 45.1 Å². The first-order valence-corrected chi connectivity index (χ1v) is 10.1. The molecular formula is C21H31N3O3. The first-order chi connectivity index (χ1) is 13.1. The van der Waals surface area contributed by atoms with Crippen LogP contribution < -0.4 is 15.0 Å². The largest absolute Gasteiger partial charge is 0.497 e. The highest BCUT2D eigenvalue weighted by molar-refractivity contribution is 6.00. The molecule has 0 aliphatic carbocycles. The molecule has 1 atom stereocenters. The summed E-state index contributed by atoms with van der Waals surface area (Å²) in [6.45, 7) is 5.92. The van der Waals surface area contributed by atoms with Crippen molar-refractivity contribution in [3.05, 3.63) is 24.3 Å². The summed E-state index contributed by atoms with van der Waals surface area (Å²) in [4.78, 5) is 29.2. The van der Waals surface area contributed by atoms with Gasteiger partial charge < -0.3 is 19.9 Å². The highest BCUT2D eigenvalue weighted by atomic mass is 16.5. The van der Waals surface area contributed by atoms with Crippen LogP contribution in [0.1, 0.15) is 39.0 Å². The second-order valence-electron chi connectivity index (χ2n) is 7.58. The van der Waals surface area contributed by atoms with Crippen molar-refractivity contribution in [2.24, 2.45) is 5.92 Å². The summed E-state index contributed by atoms with van der Waals surface area (Å²) in [5.41, 5.74) is 0.820. The Hall–Kier alpha value is -2.08. The van der Waals surface area contributed by atoms with Gasteiger partial charge in [0, 0.05) is 37.8 Å². The van der Waals surface area contributed by atoms with Crippen LogP contribution >= 0.6 is 0 Å². The molecule has 0 bridgehead atoms. The predicted molar refractivity (Wildman–Crippen MR) is 106 cm³/mol. The number of ether oxygens (including phenoxy) is 1. The number of amides is 2. The van der Waals surface area contributed by atoms with Gasteiger partial charge in [0.25, 0.3) is 0 Å². The zero-order valence-corrected chi connectivity index (χ0v) is 16.4. The summed E-state index contributed by atoms with van der Waals surface area (Å²) in [6.07, 6.45) is 4.74. The molecule has 0 aromatic heterocycles. The molecule has 1 aromatic carbocycles. The topological polar surface area (TPSA) is 61.9 Å². The van der Waals surface area contributed by atoms with Crippen LogP contribution in [0.4, 0.5) is 5.69 Å². The lowest BCUT2D eigenvalue weighted by Gasteiger charge is -2.32. The maximum Gasteiger partial charge on any atom is 0.227 e. The molecular weight excluding hydrogens is 342 g/mol. The van der Waals surface area contributed by atoms with Gasteiger partial charge in [0.05, 0.1) is 13.0 Å². The average Bonchev–Trinajstić information content (AvgIpc) is 3.09. The number of carbonyl (C=O) groups is 2. The van der Waals surface area contributed by atoms with Gasteiger partial charge in [0.1, 0.15) is 5.75 Å². The van der Waals surface area contributed by atoms with Crippen LogP contribution in [0, 0.1) is 5.92 Å². The molecule has 2 saturated heterocycles. The number of nitrogens with zero attached hydrogens (tertiary/aromatic N) is 2. The minimum atomic E-state index is -0.266. The van der Waals surface area contributed by atoms with Gasteiger partial charge in [-0.15, -0.1) is 0 Å². The standard InChI is InChI=1S/C21H31N3O3/c1-3-4-11-23-12-9-17(10-13-23)22-21(26)16-14-20(25)24(15-16)18-5-7-19(27-2)8-6-18/h5-8,16-17H,3-4,9-15H2,1-2H3,(H,22,26). The molecule has 3 rings (SSSR count). The number of piperidine rings is 1. The normalized spacial score (nSPS) is 21.5. The third-order valence-corrected chi connectivity index (χ3v) is 5.64. The molecule has 0 saturated carbocycles. The fourth-order valence-electron chi connectivity index (χ4n) is 3.90. The number of likely N-dealkylation sites (tertiary alicyclic amines) is 1. The summed E-state index contributed by atoms with van der Waals surface area (Å²) >= 11 is 0. The highest BCUT2D eigenvalue weighted by Gasteiger charge is 2.36. The minimum absolute atomic E-state index is 0.00898. The molecule has 0 spiro atoms. The summed E-state index contributed by atoms with van der Waals surface area (Å²) in [5.74, 6) is 0.517. The SMILES string of the molecule is CCCCN1CCC(NC(=O)C2CC(=O)N(c3ccc(OC)cc3)C2)CC1. The van der Waals surface area contributed by atoms with E-state index < -0.39 is 0 Å². The number of hydrogen-bond acceptors (Lipinski definition) is 4. The number of unbranched alkanes of at least 4 members (excludes halogenated alkanes) is 1. The van der Waals surface area contributed by atoms with Crippen LogP contribution in [-0.2, 0) is 9.59 Å². The summed E-state index contributed by atoms with van der Waals surface area (Å²) in [6, 6.07) is 7.64. The second kappa shape index (κ2) is 9.22. The van der Waals surface area contributed by atoms with Gasteiger partial charge in [-0.25, -0.2) is 0 Å². The van der Waals surface area contributed by atoms with Crippen molar-refractivity contribution in [2.75, 3.05) is 38.2 Å². The second-order valence-corrected chi connectivity index (χ2v) is 7.58. The van der Waals surface area contributed by atoms with E-state index in [-0.39, 0.29) is 30.2 Å². The molecule has 6 nitrogen and oxygen atoms in total. The molecule has 27 heavy (non-hydrogen) atoms. The van der Waals surface area contributed by atoms with Crippen LogP contribution in [-0.4, -0.2) is 56.0 Å². The molecule has 2 heterocycles. The van der Waals surface area contributed by atoms with Gasteiger partial charge in [-0.2, -0.15) is 0 Å². The van der Waals surface area contributed by atoms with Gasteiger partial charge in [0.15, 0.2) is 0 Å². The predicted octanol–water partition coefficient (Wildman–Crippen LogP) is 2.43. The molecule has 148 valence electrons. The van der Waals surface area contributed by atoms with Crippen molar-refractivity contribution < 1.29 is 14.3 Å². The first-order valence-electron chi connectivity index (χ1n) is 10.1. The molecule has 2 aliphatic rings. The molecule has 6 heteroatoms. The third-order valence-electron chi connectivity index (χ3n) is 5.64. The van der Waals surface area contributed by atoms with Crippen molar-refractivity contribution in [3.8, 4) is 5.75 Å². The minimum Gasteiger partial charge on any atom is -0.497 e. The zero-order chi connectivity index (χ0) is 19.2. The molecule has 1 N–H and O–H groups in total. The van der Waals surface area contributed by atoms with Gasteiger partial charge in [0.2, 0.25) is 11.8 Å². The molecule has 0 radical (unpaired) electrons. The number of nitrogens with one attached hydrogen (secondary N) is 1. The average molecular weight is 373 g/mol. The lowest BCUT2D eigenvalue weighted by molar-refractivity contribution is -0.127. The first kappa shape index (κ1) is 19.7. The number of benzene rings is 1. The Labute approximate surface area is 161 Å². The summed E-state index contributed by atoms with van der Waals surface area (Å²) in [5, 5.41) is 3.18. The van der Waals surface area contributed by atoms with Crippen molar-refractivity contribution >= 4 is 17.5 Å². The van der Waals surface area contributed by atoms with E-state index >= 15 is 0 Å². The zero-order valence-electron chi connectivity index (χ0n) is 16.4. The molecule has 2 fully saturated rings. The van der Waals surface area contributed by atoms with Crippen LogP contribution in [0.5, 0.6) is 5.75 Å². The van der Waals surface area contributed by atoms with E-state index in [0.717, 1.165) is 43.9 Å². The number of rotatable bonds is 7. The fraction of sp³-hybridized carbons (Fsp3) is 0.619. The Morgan fingerprint density at radius 3 is 2.56 bits per heavy atom. The Morgan fingerprint density at radius 2 is 1.93 bits per heavy atom. The Morgan fingerprint density at radius 1 is 1.22 bits per heavy atom. The maximum absolute atomic E-state index is 12.7. The lowest BCUT2D eigenvalue weighted by Crippen LogP contribution is -2.46. The van der Waals surface area contributed by atoms with E-state index in [2.05, 4.69) is 17.1 Å². The van der Waals surface area contributed by atoms with E-state index in [0.29, 0.717) is 6.54 Å². The Bertz CT molecular complexity index is 639. The third kappa shape index (κ3) is 5.01. The summed E-state index contributed by atoms with van der Waals surface area (Å²) < 4.78 is 5.16. The Kier molecular flexibility index (Phi) is 6.72. The number of methoxy groups -OCH3 is 1. The van der Waals surface area contributed by atoms with Crippen molar-refractivity contribution in [3.63, 3.8) is 0 Å². The van der Waals surface area contributed by atoms with Crippen molar-refractivity contribution in [1.82, 2.24) is 10.2 Å². The molecule has 1 unspecified atom stereocenters. The van der Waals surface area contributed by atoms with E-state index in [1.807, 2.05) is 24.3 Å². The van der Waals surface area contributed by atoms with Gasteiger partial charge in [-0.05, 0) is 50.1 Å². The quantitative estimate of drug-likeness (QED) is 0.797. The van der Waals surface area contributed by atoms with Gasteiger partial charge in [-0.3, -0.25) is 9.59 Å². The molecule has 2 aliphatic heterocycles. The Balaban J connectivity index is 1.49. The number of carbonyl (C=O) groups excluding carboxylic acids is 2. The van der Waals surface area contributed by atoms with Crippen molar-refractivity contribution in [1.29, 1.82) is 0 Å². The van der Waals surface area contributed by atoms with Gasteiger partial charge in [-0.1, -0.05) is 13.3 Å². The lowest BCUT2D eigenvalue weighted by atomic mass is 10.0. The van der Waals surface area contributed by atoms with Gasteiger partial charge >= 0.3 is 0 Å². The van der Waals surface area contributed by atoms with E-state index in [4.69, 9.17) is 4.74 Å². The van der Waals surface area contributed by atoms with Crippen LogP contribution in [0.15, 0.2) is 24.3 Å². The highest BCUT2D eigenvalue weighted by Crippen LogP contribution is 2.27. The summed E-state index contributed by atoms with van der Waals surface area (Å²) in [7, 11) is 1.62. The fourth-order valence-corrected chi connectivity index (χ4v) is 3.90. The molecule has 1 aromatic rings. The molecule has 2 amide bonds. The van der Waals surface area contributed by atoms with Crippen LogP contribution in [0.3, 0.4) is 0 Å². The van der Waals surface area contributed by atoms with E-state index in [9.17, 15) is 9.59 Å². The van der Waals surface area contributed by atoms with E-state index in [1.54, 1.807) is 12.0 Å². The smallest absolute Gasteiger partial charge is 0.227 e. The van der Waals surface area contributed by atoms with Crippen LogP contribution in [0.2, 0.25) is 0 Å². The van der Waals surface area contributed by atoms with Crippen LogP contribution in [0.25, 0.3) is 0 Å². The maximum atomic E-state index is 12.7. The monoisotopic (exact) mass is 373 g/mol. The van der Waals surface area contributed by atoms with E-state index in [1.165, 1.54) is 12.8 Å². The number of hydrogen-bond donors (Lipinski definition) is 1.